The first-order valence-electron chi connectivity index (χ1n) is 9.79. The minimum absolute atomic E-state index is 0.232. The third-order valence-corrected chi connectivity index (χ3v) is 5.23. The summed E-state index contributed by atoms with van der Waals surface area (Å²) in [6.07, 6.45) is 0.976. The molecule has 0 amide bonds. The van der Waals surface area contributed by atoms with Gasteiger partial charge in [0.25, 0.3) is 0 Å². The number of ether oxygens (including phenoxy) is 1. The molecule has 28 heavy (non-hydrogen) atoms. The van der Waals surface area contributed by atoms with E-state index in [-0.39, 0.29) is 6.04 Å². The molecular formula is C24H25N3O. The summed E-state index contributed by atoms with van der Waals surface area (Å²) >= 11 is 0. The Kier molecular flexibility index (Phi) is 4.95. The van der Waals surface area contributed by atoms with Crippen molar-refractivity contribution in [1.82, 2.24) is 4.98 Å². The quantitative estimate of drug-likeness (QED) is 0.565. The van der Waals surface area contributed by atoms with Crippen LogP contribution < -0.4 is 0 Å². The van der Waals surface area contributed by atoms with E-state index in [1.54, 1.807) is 0 Å². The Morgan fingerprint density at radius 3 is 2.54 bits per heavy atom. The predicted molar refractivity (Wildman–Crippen MR) is 116 cm³/mol. The van der Waals surface area contributed by atoms with Gasteiger partial charge in [-0.05, 0) is 44.4 Å². The molecule has 0 fully saturated rings. The Morgan fingerprint density at radius 2 is 1.82 bits per heavy atom. The molecule has 0 aliphatic carbocycles. The minimum atomic E-state index is 0.232. The molecule has 0 N–H and O–H groups in total. The number of pyridine rings is 1. The lowest BCUT2D eigenvalue weighted by atomic mass is 10.0. The number of aliphatic imine (C=N–C) groups is 2. The first kappa shape index (κ1) is 18.4. The molecule has 4 rings (SSSR count). The number of rotatable bonds is 4. The molecule has 4 heteroatoms. The van der Waals surface area contributed by atoms with Gasteiger partial charge in [-0.2, -0.15) is 0 Å². The molecule has 142 valence electrons. The highest BCUT2D eigenvalue weighted by atomic mass is 16.5. The largest absolute Gasteiger partial charge is 0.474 e. The van der Waals surface area contributed by atoms with E-state index in [1.807, 2.05) is 13.0 Å². The second kappa shape index (κ2) is 7.55. The van der Waals surface area contributed by atoms with Gasteiger partial charge in [0.15, 0.2) is 0 Å². The Balaban J connectivity index is 1.81. The van der Waals surface area contributed by atoms with Crippen LogP contribution in [0, 0.1) is 13.8 Å². The van der Waals surface area contributed by atoms with Crippen molar-refractivity contribution in [2.45, 2.75) is 40.2 Å². The zero-order chi connectivity index (χ0) is 19.7. The van der Waals surface area contributed by atoms with E-state index >= 15 is 0 Å². The monoisotopic (exact) mass is 371 g/mol. The fourth-order valence-electron chi connectivity index (χ4n) is 3.53. The van der Waals surface area contributed by atoms with Crippen LogP contribution in [0.1, 0.15) is 42.7 Å². The van der Waals surface area contributed by atoms with Gasteiger partial charge in [-0.1, -0.05) is 49.4 Å². The topological polar surface area (TPSA) is 46.8 Å². The zero-order valence-electron chi connectivity index (χ0n) is 16.9. The molecule has 1 aliphatic heterocycles. The van der Waals surface area contributed by atoms with Crippen LogP contribution in [-0.2, 0) is 4.74 Å². The van der Waals surface area contributed by atoms with E-state index in [9.17, 15) is 0 Å². The summed E-state index contributed by atoms with van der Waals surface area (Å²) in [4.78, 5) is 14.5. The molecule has 0 radical (unpaired) electrons. The number of benzene rings is 2. The zero-order valence-corrected chi connectivity index (χ0v) is 16.9. The van der Waals surface area contributed by atoms with Crippen LogP contribution in [0.5, 0.6) is 0 Å². The van der Waals surface area contributed by atoms with Crippen molar-refractivity contribution in [2.24, 2.45) is 9.98 Å². The Morgan fingerprint density at radius 1 is 1.07 bits per heavy atom. The standard InChI is InChI=1S/C24H25N3O/c1-5-19-14-28-24(26-19)21-13-12-18-10-7-11-20(23(18)27-21)17(4)25-22-15(2)8-6-9-16(22)3/h6-13,19H,5,14H2,1-4H3. The van der Waals surface area contributed by atoms with E-state index in [2.05, 4.69) is 68.2 Å². The molecule has 1 aliphatic rings. The summed E-state index contributed by atoms with van der Waals surface area (Å²) in [7, 11) is 0. The highest BCUT2D eigenvalue weighted by Crippen LogP contribution is 2.26. The maximum Gasteiger partial charge on any atom is 0.235 e. The van der Waals surface area contributed by atoms with Crippen molar-refractivity contribution >= 4 is 28.2 Å². The van der Waals surface area contributed by atoms with Crippen molar-refractivity contribution in [3.05, 3.63) is 70.9 Å². The molecule has 3 aromatic rings. The third-order valence-electron chi connectivity index (χ3n) is 5.23. The lowest BCUT2D eigenvalue weighted by molar-refractivity contribution is 0.314. The van der Waals surface area contributed by atoms with Gasteiger partial charge in [0.05, 0.1) is 17.2 Å². The Labute approximate surface area is 166 Å². The maximum atomic E-state index is 5.78. The normalized spacial score (nSPS) is 16.9. The molecule has 2 heterocycles. The number of hydrogen-bond acceptors (Lipinski definition) is 4. The van der Waals surface area contributed by atoms with Crippen molar-refractivity contribution in [1.29, 1.82) is 0 Å². The molecule has 0 saturated carbocycles. The summed E-state index contributed by atoms with van der Waals surface area (Å²) in [5.41, 5.74) is 7.08. The van der Waals surface area contributed by atoms with Crippen molar-refractivity contribution in [3.63, 3.8) is 0 Å². The molecule has 4 nitrogen and oxygen atoms in total. The summed E-state index contributed by atoms with van der Waals surface area (Å²) in [5.74, 6) is 0.646. The van der Waals surface area contributed by atoms with Crippen LogP contribution in [0.2, 0.25) is 0 Å². The van der Waals surface area contributed by atoms with Gasteiger partial charge in [0.1, 0.15) is 12.3 Å². The van der Waals surface area contributed by atoms with Gasteiger partial charge < -0.3 is 4.74 Å². The van der Waals surface area contributed by atoms with Crippen LogP contribution in [-0.4, -0.2) is 29.2 Å². The van der Waals surface area contributed by atoms with Crippen molar-refractivity contribution < 1.29 is 4.74 Å². The average Bonchev–Trinajstić information content (AvgIpc) is 3.19. The van der Waals surface area contributed by atoms with Crippen LogP contribution in [0.15, 0.2) is 58.5 Å². The van der Waals surface area contributed by atoms with Crippen molar-refractivity contribution in [3.8, 4) is 0 Å². The summed E-state index contributed by atoms with van der Waals surface area (Å²) < 4.78 is 5.78. The summed E-state index contributed by atoms with van der Waals surface area (Å²) in [6, 6.07) is 16.8. The van der Waals surface area contributed by atoms with E-state index in [0.717, 1.165) is 40.0 Å². The second-order valence-corrected chi connectivity index (χ2v) is 7.32. The van der Waals surface area contributed by atoms with Gasteiger partial charge >= 0.3 is 0 Å². The number of aromatic nitrogens is 1. The lowest BCUT2D eigenvalue weighted by Crippen LogP contribution is -2.06. The molecular weight excluding hydrogens is 346 g/mol. The van der Waals surface area contributed by atoms with Crippen LogP contribution in [0.4, 0.5) is 5.69 Å². The van der Waals surface area contributed by atoms with Gasteiger partial charge in [-0.15, -0.1) is 0 Å². The molecule has 1 unspecified atom stereocenters. The molecule has 1 atom stereocenters. The maximum absolute atomic E-state index is 5.78. The Hall–Kier alpha value is -3.01. The first-order valence-corrected chi connectivity index (χ1v) is 9.79. The number of aryl methyl sites for hydroxylation is 2. The fourth-order valence-corrected chi connectivity index (χ4v) is 3.53. The number of nitrogens with zero attached hydrogens (tertiary/aromatic N) is 3. The Bertz CT molecular complexity index is 1080. The first-order chi connectivity index (χ1) is 13.6. The van der Waals surface area contributed by atoms with Crippen LogP contribution in [0.25, 0.3) is 10.9 Å². The molecule has 0 bridgehead atoms. The van der Waals surface area contributed by atoms with E-state index in [1.165, 1.54) is 11.1 Å². The van der Waals surface area contributed by atoms with Crippen LogP contribution in [0.3, 0.4) is 0 Å². The van der Waals surface area contributed by atoms with Gasteiger partial charge in [0, 0.05) is 16.7 Å². The van der Waals surface area contributed by atoms with Crippen molar-refractivity contribution in [2.75, 3.05) is 6.61 Å². The highest BCUT2D eigenvalue weighted by Gasteiger charge is 2.20. The number of hydrogen-bond donors (Lipinski definition) is 0. The second-order valence-electron chi connectivity index (χ2n) is 7.32. The van der Waals surface area contributed by atoms with Gasteiger partial charge in [-0.25, -0.2) is 9.98 Å². The molecule has 1 aromatic heterocycles. The lowest BCUT2D eigenvalue weighted by Gasteiger charge is -2.10. The molecule has 0 saturated heterocycles. The molecule has 0 spiro atoms. The smallest absolute Gasteiger partial charge is 0.235 e. The highest BCUT2D eigenvalue weighted by molar-refractivity contribution is 6.10. The van der Waals surface area contributed by atoms with Gasteiger partial charge in [-0.3, -0.25) is 4.99 Å². The fraction of sp³-hybridized carbons (Fsp3) is 0.292. The van der Waals surface area contributed by atoms with Gasteiger partial charge in [0.2, 0.25) is 5.90 Å². The number of para-hydroxylation sites is 2. The van der Waals surface area contributed by atoms with E-state index in [0.29, 0.717) is 12.5 Å². The predicted octanol–water partition coefficient (Wildman–Crippen LogP) is 5.55. The van der Waals surface area contributed by atoms with Crippen LogP contribution >= 0.6 is 0 Å². The van der Waals surface area contributed by atoms with E-state index < -0.39 is 0 Å². The molecule has 2 aromatic carbocycles. The third kappa shape index (κ3) is 3.42. The van der Waals surface area contributed by atoms with E-state index in [4.69, 9.17) is 14.7 Å². The number of fused-ring (bicyclic) bond motifs is 1. The SMILES string of the molecule is CCC1COC(c2ccc3cccc(C(C)=Nc4c(C)cccc4C)c3n2)=N1. The average molecular weight is 371 g/mol. The summed E-state index contributed by atoms with van der Waals surface area (Å²) in [5, 5.41) is 1.09. The minimum Gasteiger partial charge on any atom is -0.474 e. The summed E-state index contributed by atoms with van der Waals surface area (Å²) in [6.45, 7) is 9.00.